The third-order valence-corrected chi connectivity index (χ3v) is 2.70. The number of nitrogens with zero attached hydrogens (tertiary/aromatic N) is 1. The predicted octanol–water partition coefficient (Wildman–Crippen LogP) is 3.72. The zero-order valence-corrected chi connectivity index (χ0v) is 9.91. The SMILES string of the molecule is Cc1c[c]ccc1Nc1ccc(C#N)cc1C. The van der Waals surface area contributed by atoms with E-state index in [4.69, 9.17) is 5.26 Å². The van der Waals surface area contributed by atoms with E-state index in [1.165, 1.54) is 0 Å². The lowest BCUT2D eigenvalue weighted by Gasteiger charge is -2.11. The fourth-order valence-corrected chi connectivity index (χ4v) is 1.67. The van der Waals surface area contributed by atoms with Gasteiger partial charge in [-0.3, -0.25) is 0 Å². The van der Waals surface area contributed by atoms with Crippen LogP contribution in [0.15, 0.2) is 36.4 Å². The molecule has 2 aromatic rings. The maximum absolute atomic E-state index is 8.81. The van der Waals surface area contributed by atoms with E-state index in [1.807, 2.05) is 50.2 Å². The van der Waals surface area contributed by atoms with Crippen LogP contribution >= 0.6 is 0 Å². The van der Waals surface area contributed by atoms with Crippen LogP contribution in [0.4, 0.5) is 11.4 Å². The molecule has 2 heteroatoms. The second-order valence-electron chi connectivity index (χ2n) is 4.01. The van der Waals surface area contributed by atoms with Crippen LogP contribution in [0, 0.1) is 31.2 Å². The van der Waals surface area contributed by atoms with Gasteiger partial charge in [0.05, 0.1) is 11.6 Å². The first-order chi connectivity index (χ1) is 8.20. The lowest BCUT2D eigenvalue weighted by atomic mass is 10.1. The van der Waals surface area contributed by atoms with Gasteiger partial charge in [-0.05, 0) is 61.4 Å². The number of hydrogen-bond acceptors (Lipinski definition) is 2. The van der Waals surface area contributed by atoms with E-state index in [1.54, 1.807) is 0 Å². The molecule has 0 spiro atoms. The van der Waals surface area contributed by atoms with Crippen LogP contribution in [0.2, 0.25) is 0 Å². The molecule has 17 heavy (non-hydrogen) atoms. The molecule has 0 fully saturated rings. The highest BCUT2D eigenvalue weighted by Crippen LogP contribution is 2.23. The van der Waals surface area contributed by atoms with Crippen molar-refractivity contribution < 1.29 is 0 Å². The van der Waals surface area contributed by atoms with Crippen LogP contribution in [0.5, 0.6) is 0 Å². The van der Waals surface area contributed by atoms with Gasteiger partial charge in [-0.1, -0.05) is 6.07 Å². The number of benzene rings is 2. The first-order valence-corrected chi connectivity index (χ1v) is 5.45. The Morgan fingerprint density at radius 2 is 1.88 bits per heavy atom. The van der Waals surface area contributed by atoms with Crippen molar-refractivity contribution in [3.05, 3.63) is 59.2 Å². The van der Waals surface area contributed by atoms with Crippen LogP contribution in [-0.2, 0) is 0 Å². The van der Waals surface area contributed by atoms with E-state index in [-0.39, 0.29) is 0 Å². The Bertz CT molecular complexity index is 580. The largest absolute Gasteiger partial charge is 0.355 e. The predicted molar refractivity (Wildman–Crippen MR) is 69.2 cm³/mol. The molecular weight excluding hydrogens is 208 g/mol. The fourth-order valence-electron chi connectivity index (χ4n) is 1.67. The molecule has 0 aliphatic heterocycles. The van der Waals surface area contributed by atoms with E-state index in [2.05, 4.69) is 17.5 Å². The highest BCUT2D eigenvalue weighted by molar-refractivity contribution is 5.66. The van der Waals surface area contributed by atoms with Gasteiger partial charge in [-0.2, -0.15) is 5.26 Å². The normalized spacial score (nSPS) is 9.71. The van der Waals surface area contributed by atoms with Crippen LogP contribution in [0.25, 0.3) is 0 Å². The minimum atomic E-state index is 0.686. The molecule has 0 aliphatic rings. The van der Waals surface area contributed by atoms with E-state index < -0.39 is 0 Å². The van der Waals surface area contributed by atoms with Crippen molar-refractivity contribution in [1.82, 2.24) is 0 Å². The molecular formula is C15H13N2. The number of aryl methyl sites for hydroxylation is 2. The standard InChI is InChI=1S/C15H13N2/c1-11-5-3-4-6-14(11)17-15-8-7-13(10-16)9-12(15)2/h4-9,17H,1-2H3. The van der Waals surface area contributed by atoms with Crippen LogP contribution < -0.4 is 5.32 Å². The van der Waals surface area contributed by atoms with Gasteiger partial charge in [0.2, 0.25) is 0 Å². The van der Waals surface area contributed by atoms with Gasteiger partial charge in [0.25, 0.3) is 0 Å². The molecule has 0 heterocycles. The van der Waals surface area contributed by atoms with Gasteiger partial charge in [0, 0.05) is 11.4 Å². The van der Waals surface area contributed by atoms with Crippen molar-refractivity contribution in [1.29, 1.82) is 5.26 Å². The molecule has 0 atom stereocenters. The summed E-state index contributed by atoms with van der Waals surface area (Å²) in [5.74, 6) is 0. The molecule has 83 valence electrons. The number of anilines is 2. The molecule has 0 saturated carbocycles. The van der Waals surface area contributed by atoms with Crippen LogP contribution in [0.1, 0.15) is 16.7 Å². The summed E-state index contributed by atoms with van der Waals surface area (Å²) in [6.45, 7) is 4.03. The maximum atomic E-state index is 8.81. The van der Waals surface area contributed by atoms with Crippen molar-refractivity contribution in [2.24, 2.45) is 0 Å². The molecule has 0 unspecified atom stereocenters. The van der Waals surface area contributed by atoms with E-state index in [0.29, 0.717) is 5.56 Å². The molecule has 0 amide bonds. The molecule has 2 nitrogen and oxygen atoms in total. The van der Waals surface area contributed by atoms with Crippen LogP contribution in [0.3, 0.4) is 0 Å². The van der Waals surface area contributed by atoms with Gasteiger partial charge >= 0.3 is 0 Å². The average molecular weight is 221 g/mol. The zero-order valence-electron chi connectivity index (χ0n) is 9.91. The Morgan fingerprint density at radius 1 is 1.12 bits per heavy atom. The molecule has 0 aliphatic carbocycles. The molecule has 2 aromatic carbocycles. The van der Waals surface area contributed by atoms with E-state index >= 15 is 0 Å². The van der Waals surface area contributed by atoms with Gasteiger partial charge in [-0.25, -0.2) is 0 Å². The summed E-state index contributed by atoms with van der Waals surface area (Å²) in [5.41, 5.74) is 4.99. The monoisotopic (exact) mass is 221 g/mol. The van der Waals surface area contributed by atoms with Crippen molar-refractivity contribution in [3.63, 3.8) is 0 Å². The molecule has 1 N–H and O–H groups in total. The average Bonchev–Trinajstić information content (AvgIpc) is 2.34. The Morgan fingerprint density at radius 3 is 2.53 bits per heavy atom. The fraction of sp³-hybridized carbons (Fsp3) is 0.133. The van der Waals surface area contributed by atoms with Gasteiger partial charge in [-0.15, -0.1) is 0 Å². The Labute approximate surface area is 102 Å². The second kappa shape index (κ2) is 4.71. The number of hydrogen-bond donors (Lipinski definition) is 1. The molecule has 0 aromatic heterocycles. The van der Waals surface area contributed by atoms with Gasteiger partial charge < -0.3 is 5.32 Å². The zero-order chi connectivity index (χ0) is 12.3. The first kappa shape index (κ1) is 11.2. The summed E-state index contributed by atoms with van der Waals surface area (Å²) in [6, 6.07) is 16.6. The molecule has 2 rings (SSSR count). The third-order valence-electron chi connectivity index (χ3n) is 2.70. The van der Waals surface area contributed by atoms with Gasteiger partial charge in [0.1, 0.15) is 0 Å². The summed E-state index contributed by atoms with van der Waals surface area (Å²) >= 11 is 0. The minimum Gasteiger partial charge on any atom is -0.355 e. The summed E-state index contributed by atoms with van der Waals surface area (Å²) in [6.07, 6.45) is 0. The van der Waals surface area contributed by atoms with E-state index in [0.717, 1.165) is 22.5 Å². The molecule has 1 radical (unpaired) electrons. The van der Waals surface area contributed by atoms with Gasteiger partial charge in [0.15, 0.2) is 0 Å². The number of rotatable bonds is 2. The highest BCUT2D eigenvalue weighted by Gasteiger charge is 2.02. The smallest absolute Gasteiger partial charge is 0.0991 e. The van der Waals surface area contributed by atoms with Crippen molar-refractivity contribution in [2.45, 2.75) is 13.8 Å². The Balaban J connectivity index is 2.32. The highest BCUT2D eigenvalue weighted by atomic mass is 14.9. The summed E-state index contributed by atoms with van der Waals surface area (Å²) in [4.78, 5) is 0. The Kier molecular flexibility index (Phi) is 3.11. The maximum Gasteiger partial charge on any atom is 0.0991 e. The van der Waals surface area contributed by atoms with E-state index in [9.17, 15) is 0 Å². The molecule has 0 bridgehead atoms. The van der Waals surface area contributed by atoms with Crippen molar-refractivity contribution in [3.8, 4) is 6.07 Å². The van der Waals surface area contributed by atoms with Crippen molar-refractivity contribution >= 4 is 11.4 Å². The summed E-state index contributed by atoms with van der Waals surface area (Å²) in [7, 11) is 0. The Hall–Kier alpha value is -2.27. The third kappa shape index (κ3) is 2.46. The molecule has 0 saturated heterocycles. The lowest BCUT2D eigenvalue weighted by molar-refractivity contribution is 1.37. The summed E-state index contributed by atoms with van der Waals surface area (Å²) in [5, 5.41) is 12.2. The minimum absolute atomic E-state index is 0.686. The number of nitrogens with one attached hydrogen (secondary N) is 1. The van der Waals surface area contributed by atoms with Crippen molar-refractivity contribution in [2.75, 3.05) is 5.32 Å². The lowest BCUT2D eigenvalue weighted by Crippen LogP contribution is -1.95. The quantitative estimate of drug-likeness (QED) is 0.838. The number of nitriles is 1. The second-order valence-corrected chi connectivity index (χ2v) is 4.01. The van der Waals surface area contributed by atoms with Crippen LogP contribution in [-0.4, -0.2) is 0 Å². The summed E-state index contributed by atoms with van der Waals surface area (Å²) < 4.78 is 0. The first-order valence-electron chi connectivity index (χ1n) is 5.45. The topological polar surface area (TPSA) is 35.8 Å².